The van der Waals surface area contributed by atoms with E-state index in [0.29, 0.717) is 19.3 Å². The molecule has 0 spiro atoms. The minimum atomic E-state index is -0.802. The van der Waals surface area contributed by atoms with Gasteiger partial charge < -0.3 is 20.3 Å². The molecule has 6 heteroatoms. The van der Waals surface area contributed by atoms with Crippen molar-refractivity contribution >= 4 is 11.9 Å². The molecule has 0 saturated heterocycles. The molecule has 0 bridgehead atoms. The molecule has 6 nitrogen and oxygen atoms in total. The van der Waals surface area contributed by atoms with Gasteiger partial charge in [-0.1, -0.05) is 229 Å². The first-order valence-electron chi connectivity index (χ1n) is 26.6. The second-order valence-electron chi connectivity index (χ2n) is 18.0. The lowest BCUT2D eigenvalue weighted by atomic mass is 10.0. The molecule has 360 valence electrons. The summed E-state index contributed by atoms with van der Waals surface area (Å²) in [6.07, 6.45) is 61.3. The molecule has 0 aromatic rings. The largest absolute Gasteiger partial charge is 0.462 e. The first-order chi connectivity index (χ1) is 30.5. The fourth-order valence-electron chi connectivity index (χ4n) is 7.85. The van der Waals surface area contributed by atoms with Crippen LogP contribution in [0.1, 0.15) is 258 Å². The number of hydrogen-bond acceptors (Lipinski definition) is 5. The fraction of sp³-hybridized carbons (Fsp3) is 0.786. The lowest BCUT2D eigenvalue weighted by molar-refractivity contribution is -0.151. The van der Waals surface area contributed by atoms with Gasteiger partial charge in [-0.15, -0.1) is 0 Å². The van der Waals surface area contributed by atoms with Crippen LogP contribution >= 0.6 is 0 Å². The summed E-state index contributed by atoms with van der Waals surface area (Å²) < 4.78 is 5.91. The number of ether oxygens (including phenoxy) is 1. The first-order valence-corrected chi connectivity index (χ1v) is 26.6. The van der Waals surface area contributed by atoms with Crippen LogP contribution in [0.5, 0.6) is 0 Å². The number of amides is 1. The van der Waals surface area contributed by atoms with E-state index in [0.717, 1.165) is 83.5 Å². The highest BCUT2D eigenvalue weighted by molar-refractivity contribution is 5.77. The Balaban J connectivity index is 4.69. The summed E-state index contributed by atoms with van der Waals surface area (Å²) >= 11 is 0. The summed E-state index contributed by atoms with van der Waals surface area (Å²) in [5, 5.41) is 23.8. The van der Waals surface area contributed by atoms with Gasteiger partial charge in [0.1, 0.15) is 6.10 Å². The predicted molar refractivity (Wildman–Crippen MR) is 268 cm³/mol. The van der Waals surface area contributed by atoms with Crippen molar-refractivity contribution in [2.24, 2.45) is 0 Å². The molecular formula is C56H101NO5. The number of allylic oxidation sites excluding steroid dienone is 10. The number of hydrogen-bond donors (Lipinski definition) is 3. The van der Waals surface area contributed by atoms with Gasteiger partial charge in [0.2, 0.25) is 5.91 Å². The third kappa shape index (κ3) is 44.2. The molecular weight excluding hydrogens is 767 g/mol. The Morgan fingerprint density at radius 3 is 1.34 bits per heavy atom. The third-order valence-corrected chi connectivity index (χ3v) is 11.9. The Labute approximate surface area is 384 Å². The van der Waals surface area contributed by atoms with E-state index in [1.807, 2.05) is 6.08 Å². The number of rotatable bonds is 47. The quantitative estimate of drug-likeness (QED) is 0.0245. The molecule has 0 aliphatic heterocycles. The van der Waals surface area contributed by atoms with Gasteiger partial charge in [0, 0.05) is 6.42 Å². The third-order valence-electron chi connectivity index (χ3n) is 11.9. The van der Waals surface area contributed by atoms with E-state index in [9.17, 15) is 19.8 Å². The molecule has 0 fully saturated rings. The average Bonchev–Trinajstić information content (AvgIpc) is 3.26. The summed E-state index contributed by atoms with van der Waals surface area (Å²) in [7, 11) is 0. The van der Waals surface area contributed by atoms with E-state index >= 15 is 0 Å². The van der Waals surface area contributed by atoms with E-state index < -0.39 is 18.2 Å². The molecule has 0 radical (unpaired) electrons. The maximum absolute atomic E-state index is 13.2. The van der Waals surface area contributed by atoms with Crippen molar-refractivity contribution in [3.8, 4) is 0 Å². The van der Waals surface area contributed by atoms with E-state index in [1.54, 1.807) is 0 Å². The Hall–Kier alpha value is -2.44. The summed E-state index contributed by atoms with van der Waals surface area (Å²) in [5.41, 5.74) is 0. The van der Waals surface area contributed by atoms with Crippen molar-refractivity contribution in [3.63, 3.8) is 0 Å². The monoisotopic (exact) mass is 868 g/mol. The van der Waals surface area contributed by atoms with Gasteiger partial charge in [-0.05, 0) is 77.0 Å². The van der Waals surface area contributed by atoms with Crippen LogP contribution in [-0.2, 0) is 14.3 Å². The molecule has 0 aliphatic rings. The van der Waals surface area contributed by atoms with E-state index in [4.69, 9.17) is 4.74 Å². The minimum Gasteiger partial charge on any atom is -0.462 e. The summed E-state index contributed by atoms with van der Waals surface area (Å²) in [6.45, 7) is 6.43. The molecule has 0 rings (SSSR count). The Morgan fingerprint density at radius 2 is 0.839 bits per heavy atom. The van der Waals surface area contributed by atoms with E-state index in [1.165, 1.54) is 128 Å². The van der Waals surface area contributed by atoms with Crippen molar-refractivity contribution in [1.82, 2.24) is 5.32 Å². The summed E-state index contributed by atoms with van der Waals surface area (Å²) in [5.74, 6) is -0.528. The lowest BCUT2D eigenvalue weighted by Gasteiger charge is -2.24. The van der Waals surface area contributed by atoms with Gasteiger partial charge >= 0.3 is 5.97 Å². The maximum Gasteiger partial charge on any atom is 0.306 e. The molecule has 0 heterocycles. The zero-order chi connectivity index (χ0) is 45.2. The lowest BCUT2D eigenvalue weighted by Crippen LogP contribution is -2.46. The fourth-order valence-corrected chi connectivity index (χ4v) is 7.85. The number of esters is 1. The Kier molecular flexibility index (Phi) is 47.6. The highest BCUT2D eigenvalue weighted by atomic mass is 16.5. The van der Waals surface area contributed by atoms with Crippen LogP contribution in [0.15, 0.2) is 60.8 Å². The van der Waals surface area contributed by atoms with E-state index in [2.05, 4.69) is 80.8 Å². The molecule has 0 aliphatic carbocycles. The smallest absolute Gasteiger partial charge is 0.306 e. The van der Waals surface area contributed by atoms with Crippen LogP contribution < -0.4 is 5.32 Å². The van der Waals surface area contributed by atoms with Crippen LogP contribution in [-0.4, -0.2) is 46.9 Å². The van der Waals surface area contributed by atoms with Crippen LogP contribution in [0.4, 0.5) is 0 Å². The van der Waals surface area contributed by atoms with Gasteiger partial charge in [-0.25, -0.2) is 0 Å². The van der Waals surface area contributed by atoms with Gasteiger partial charge in [0.25, 0.3) is 0 Å². The predicted octanol–water partition coefficient (Wildman–Crippen LogP) is 16.0. The van der Waals surface area contributed by atoms with Gasteiger partial charge in [0.15, 0.2) is 0 Å². The molecule has 3 atom stereocenters. The highest BCUT2D eigenvalue weighted by Gasteiger charge is 2.24. The SMILES string of the molecule is CCCCC/C=C/C=C/C=C/C=C/CCCCCC(CC(=O)NC(CO)C(O)CCCCCCCCCCCCCCC)OC(=O)CCCCC/C=C\CCCCCCCCC. The van der Waals surface area contributed by atoms with Crippen LogP contribution in [0.2, 0.25) is 0 Å². The summed E-state index contributed by atoms with van der Waals surface area (Å²) in [4.78, 5) is 26.2. The van der Waals surface area contributed by atoms with Crippen molar-refractivity contribution in [2.45, 2.75) is 277 Å². The zero-order valence-electron chi connectivity index (χ0n) is 41.0. The van der Waals surface area contributed by atoms with Crippen LogP contribution in [0, 0.1) is 0 Å². The van der Waals surface area contributed by atoms with Crippen LogP contribution in [0.3, 0.4) is 0 Å². The number of carbonyl (C=O) groups excluding carboxylic acids is 2. The highest BCUT2D eigenvalue weighted by Crippen LogP contribution is 2.17. The standard InChI is InChI=1S/C56H101NO5/c1-4-7-10-13-16-19-22-25-27-28-30-32-35-38-41-44-47-52(62-56(61)49-46-43-40-37-34-31-26-23-20-17-14-11-8-5-2)50-55(60)57-53(51-58)54(59)48-45-42-39-36-33-29-24-21-18-15-12-9-6-3/h16,19,22,25,27-28,30-32,34,52-54,58-59H,4-15,17-18,20-21,23-24,26,29,33,35-51H2,1-3H3,(H,57,60)/b19-16+,25-22+,28-27+,32-30+,34-31-. The van der Waals surface area contributed by atoms with E-state index in [-0.39, 0.29) is 24.9 Å². The number of carbonyl (C=O) groups is 2. The maximum atomic E-state index is 13.2. The second kappa shape index (κ2) is 49.6. The van der Waals surface area contributed by atoms with Crippen molar-refractivity contribution in [3.05, 3.63) is 60.8 Å². The topological polar surface area (TPSA) is 95.9 Å². The van der Waals surface area contributed by atoms with Gasteiger partial charge in [0.05, 0.1) is 25.2 Å². The molecule has 0 aromatic heterocycles. The van der Waals surface area contributed by atoms with Gasteiger partial charge in [-0.3, -0.25) is 9.59 Å². The molecule has 3 unspecified atom stereocenters. The van der Waals surface area contributed by atoms with Crippen molar-refractivity contribution in [2.75, 3.05) is 6.61 Å². The normalized spacial score (nSPS) is 13.7. The number of unbranched alkanes of at least 4 members (excludes halogenated alkanes) is 28. The zero-order valence-corrected chi connectivity index (χ0v) is 41.0. The van der Waals surface area contributed by atoms with Crippen molar-refractivity contribution in [1.29, 1.82) is 0 Å². The van der Waals surface area contributed by atoms with Crippen LogP contribution in [0.25, 0.3) is 0 Å². The molecule has 62 heavy (non-hydrogen) atoms. The Bertz CT molecular complexity index is 1110. The summed E-state index contributed by atoms with van der Waals surface area (Å²) in [6, 6.07) is -0.718. The molecule has 0 aromatic carbocycles. The molecule has 1 amide bonds. The number of aliphatic hydroxyl groups excluding tert-OH is 2. The average molecular weight is 868 g/mol. The number of nitrogens with one attached hydrogen (secondary N) is 1. The number of aliphatic hydroxyl groups is 2. The van der Waals surface area contributed by atoms with Gasteiger partial charge in [-0.2, -0.15) is 0 Å². The molecule has 0 saturated carbocycles. The minimum absolute atomic E-state index is 0.0450. The Morgan fingerprint density at radius 1 is 0.468 bits per heavy atom. The molecule has 3 N–H and O–H groups in total. The first kappa shape index (κ1) is 59.6. The van der Waals surface area contributed by atoms with Crippen molar-refractivity contribution < 1.29 is 24.5 Å². The second-order valence-corrected chi connectivity index (χ2v) is 18.0.